The molecule has 0 spiro atoms. The van der Waals surface area contributed by atoms with E-state index < -0.39 is 35.9 Å². The maximum Gasteiger partial charge on any atom is 0.328 e. The number of hydrogen-bond acceptors (Lipinski definition) is 9. The second-order valence-corrected chi connectivity index (χ2v) is 11.8. The molecule has 54 heavy (non-hydrogen) atoms. The van der Waals surface area contributed by atoms with Crippen LogP contribution in [0.15, 0.2) is 109 Å². The molecular weight excluding hydrogens is 688 g/mol. The lowest BCUT2D eigenvalue weighted by Crippen LogP contribution is -2.39. The van der Waals surface area contributed by atoms with E-state index in [1.165, 1.54) is 53.2 Å². The zero-order valence-electron chi connectivity index (χ0n) is 31.9. The van der Waals surface area contributed by atoms with Crippen molar-refractivity contribution >= 4 is 53.7 Å². The van der Waals surface area contributed by atoms with Gasteiger partial charge in [-0.1, -0.05) is 127 Å². The Hall–Kier alpha value is -6.10. The normalized spacial score (nSPS) is 12.2. The molecule has 3 rings (SSSR count). The molecule has 2 amide bonds. The van der Waals surface area contributed by atoms with Crippen LogP contribution in [0.5, 0.6) is 0 Å². The second kappa shape index (κ2) is 27.5. The summed E-state index contributed by atoms with van der Waals surface area (Å²) in [5, 5.41) is 5.03. The van der Waals surface area contributed by atoms with Crippen LogP contribution in [0.25, 0.3) is 18.2 Å². The number of ether oxygens (including phenoxy) is 3. The predicted octanol–water partition coefficient (Wildman–Crippen LogP) is 6.39. The molecule has 0 aromatic heterocycles. The maximum absolute atomic E-state index is 11.5. The standard InChI is InChI=1S/C15H23NO6.C14H17NO3.C14H12/c1-10(17)9-12(14(19)21-3)7-5-6-8-13(15(20)22-4)16-11(2)18;1-11(16)15-13(14(17)18-2)10-6-9-12-7-4-3-5-8-12;1-3-7-13(8-4-1)11-12-14-9-5-2-6-10-14/h5-6,12-13H,7-9H2,1-4H3,(H,16,18);3-9,13H,10H2,1-2H3,(H,15,16);1-12H/b;9-6+;12-11+/t12-,13+;13-;/m10./s1. The molecule has 0 aliphatic rings. The highest BCUT2D eigenvalue weighted by atomic mass is 16.5. The van der Waals surface area contributed by atoms with Crippen molar-refractivity contribution in [1.82, 2.24) is 10.6 Å². The minimum absolute atomic E-state index is 0.100. The van der Waals surface area contributed by atoms with Crippen molar-refractivity contribution in [3.05, 3.63) is 126 Å². The van der Waals surface area contributed by atoms with Gasteiger partial charge in [-0.05, 0) is 42.9 Å². The molecule has 0 unspecified atom stereocenters. The molecule has 11 nitrogen and oxygen atoms in total. The van der Waals surface area contributed by atoms with E-state index >= 15 is 0 Å². The van der Waals surface area contributed by atoms with E-state index in [4.69, 9.17) is 0 Å². The van der Waals surface area contributed by atoms with Crippen molar-refractivity contribution < 1.29 is 43.0 Å². The molecule has 0 bridgehead atoms. The van der Waals surface area contributed by atoms with Crippen molar-refractivity contribution in [1.29, 1.82) is 0 Å². The Bertz CT molecular complexity index is 1590. The molecule has 2 N–H and O–H groups in total. The Labute approximate surface area is 318 Å². The first-order chi connectivity index (χ1) is 25.9. The number of hydrogen-bond donors (Lipinski definition) is 2. The average molecular weight is 741 g/mol. The molecule has 0 saturated carbocycles. The van der Waals surface area contributed by atoms with Gasteiger partial charge in [0.25, 0.3) is 0 Å². The smallest absolute Gasteiger partial charge is 0.328 e. The Morgan fingerprint density at radius 3 is 1.20 bits per heavy atom. The van der Waals surface area contributed by atoms with Gasteiger partial charge in [0.05, 0.1) is 27.2 Å². The molecule has 11 heteroatoms. The van der Waals surface area contributed by atoms with Crippen molar-refractivity contribution in [3.8, 4) is 0 Å². The fourth-order valence-electron chi connectivity index (χ4n) is 4.70. The van der Waals surface area contributed by atoms with Gasteiger partial charge in [-0.15, -0.1) is 0 Å². The number of nitrogens with one attached hydrogen (secondary N) is 2. The van der Waals surface area contributed by atoms with Crippen LogP contribution in [0.3, 0.4) is 0 Å². The molecule has 0 aliphatic heterocycles. The highest BCUT2D eigenvalue weighted by Gasteiger charge is 2.21. The zero-order chi connectivity index (χ0) is 40.1. The van der Waals surface area contributed by atoms with Crippen molar-refractivity contribution in [2.45, 2.75) is 58.5 Å². The minimum atomic E-state index is -0.775. The van der Waals surface area contributed by atoms with Gasteiger partial charge in [0.2, 0.25) is 11.8 Å². The number of methoxy groups -OCH3 is 3. The topological polar surface area (TPSA) is 154 Å². The Morgan fingerprint density at radius 1 is 0.500 bits per heavy atom. The second-order valence-electron chi connectivity index (χ2n) is 11.8. The number of ketones is 1. The Morgan fingerprint density at radius 2 is 0.852 bits per heavy atom. The van der Waals surface area contributed by atoms with Gasteiger partial charge in [0, 0.05) is 20.3 Å². The lowest BCUT2D eigenvalue weighted by atomic mass is 9.98. The summed E-state index contributed by atoms with van der Waals surface area (Å²) in [7, 11) is 3.81. The van der Waals surface area contributed by atoms with E-state index in [9.17, 15) is 28.8 Å². The van der Waals surface area contributed by atoms with Gasteiger partial charge in [0.15, 0.2) is 0 Å². The number of rotatable bonds is 16. The van der Waals surface area contributed by atoms with E-state index in [0.717, 1.165) is 5.56 Å². The molecule has 0 heterocycles. The first-order valence-electron chi connectivity index (χ1n) is 17.3. The Kier molecular flexibility index (Phi) is 23.4. The number of amides is 2. The maximum atomic E-state index is 11.5. The molecule has 0 saturated heterocycles. The minimum Gasteiger partial charge on any atom is -0.469 e. The van der Waals surface area contributed by atoms with Crippen LogP contribution in [0.4, 0.5) is 0 Å². The first-order valence-corrected chi connectivity index (χ1v) is 17.3. The van der Waals surface area contributed by atoms with Crippen LogP contribution in [0.2, 0.25) is 0 Å². The van der Waals surface area contributed by atoms with Gasteiger partial charge < -0.3 is 29.6 Å². The van der Waals surface area contributed by atoms with Crippen LogP contribution in [0.1, 0.15) is 63.1 Å². The third-order valence-electron chi connectivity index (χ3n) is 7.30. The van der Waals surface area contributed by atoms with E-state index in [0.29, 0.717) is 12.8 Å². The highest BCUT2D eigenvalue weighted by Crippen LogP contribution is 2.13. The quantitative estimate of drug-likeness (QED) is 0.0736. The summed E-state index contributed by atoms with van der Waals surface area (Å²) < 4.78 is 13.9. The average Bonchev–Trinajstić information content (AvgIpc) is 3.17. The summed E-state index contributed by atoms with van der Waals surface area (Å²) in [4.78, 5) is 67.6. The highest BCUT2D eigenvalue weighted by molar-refractivity contribution is 5.84. The monoisotopic (exact) mass is 740 g/mol. The molecule has 3 aromatic carbocycles. The SMILES string of the molecule is C(=C\c1ccccc1)/c1ccccc1.COC(=O)[C@H](C/C=C/c1ccccc1)NC(C)=O.COC(=O)[C@H](CC=CC[C@H](NC(C)=O)C(=O)OC)CC(C)=O. The zero-order valence-corrected chi connectivity index (χ0v) is 31.9. The molecule has 3 atom stereocenters. The van der Waals surface area contributed by atoms with Gasteiger partial charge >= 0.3 is 17.9 Å². The number of carbonyl (C=O) groups excluding carboxylic acids is 6. The summed E-state index contributed by atoms with van der Waals surface area (Å²) in [6.07, 6.45) is 12.4. The molecule has 0 aliphatic carbocycles. The van der Waals surface area contributed by atoms with E-state index in [1.54, 1.807) is 12.2 Å². The van der Waals surface area contributed by atoms with Gasteiger partial charge in [-0.2, -0.15) is 0 Å². The summed E-state index contributed by atoms with van der Waals surface area (Å²) in [6, 6.07) is 28.9. The number of carbonyl (C=O) groups is 6. The Balaban J connectivity index is 0.000000413. The van der Waals surface area contributed by atoms with Crippen LogP contribution in [0, 0.1) is 5.92 Å². The van der Waals surface area contributed by atoms with Crippen LogP contribution < -0.4 is 10.6 Å². The van der Waals surface area contributed by atoms with Crippen molar-refractivity contribution in [2.75, 3.05) is 21.3 Å². The van der Waals surface area contributed by atoms with Crippen molar-refractivity contribution in [2.24, 2.45) is 5.92 Å². The first kappa shape index (κ1) is 45.9. The molecule has 0 fully saturated rings. The van der Waals surface area contributed by atoms with Crippen LogP contribution in [-0.4, -0.2) is 68.9 Å². The van der Waals surface area contributed by atoms with Crippen molar-refractivity contribution in [3.63, 3.8) is 0 Å². The predicted molar refractivity (Wildman–Crippen MR) is 210 cm³/mol. The summed E-state index contributed by atoms with van der Waals surface area (Å²) >= 11 is 0. The molecular formula is C43H52N2O9. The van der Waals surface area contributed by atoms with E-state index in [-0.39, 0.29) is 30.4 Å². The fraction of sp³-hybridized carbons (Fsp3) is 0.302. The van der Waals surface area contributed by atoms with Gasteiger partial charge in [-0.25, -0.2) is 9.59 Å². The van der Waals surface area contributed by atoms with Crippen LogP contribution >= 0.6 is 0 Å². The fourth-order valence-corrected chi connectivity index (χ4v) is 4.70. The third-order valence-corrected chi connectivity index (χ3v) is 7.30. The molecule has 288 valence electrons. The van der Waals surface area contributed by atoms with Crippen LogP contribution in [-0.2, 0) is 43.0 Å². The van der Waals surface area contributed by atoms with Gasteiger partial charge in [0.1, 0.15) is 17.9 Å². The summed E-state index contributed by atoms with van der Waals surface area (Å²) in [6.45, 7) is 4.08. The number of Topliss-reactive ketones (excluding diaryl/α,β-unsaturated/α-hetero) is 1. The van der Waals surface area contributed by atoms with E-state index in [1.807, 2.05) is 78.9 Å². The number of benzene rings is 3. The molecule has 3 aromatic rings. The number of allylic oxidation sites excluding steroid dienone is 1. The summed E-state index contributed by atoms with van der Waals surface area (Å²) in [5.41, 5.74) is 3.51. The lowest BCUT2D eigenvalue weighted by Gasteiger charge is -2.13. The lowest BCUT2D eigenvalue weighted by molar-refractivity contribution is -0.147. The van der Waals surface area contributed by atoms with E-state index in [2.05, 4.69) is 61.3 Å². The molecule has 0 radical (unpaired) electrons. The number of esters is 3. The third kappa shape index (κ3) is 21.3. The van der Waals surface area contributed by atoms with Gasteiger partial charge in [-0.3, -0.25) is 14.4 Å². The largest absolute Gasteiger partial charge is 0.469 e. The summed E-state index contributed by atoms with van der Waals surface area (Å²) in [5.74, 6) is -2.68.